The molecule has 2 atom stereocenters. The molecule has 0 bridgehead atoms. The third kappa shape index (κ3) is 7.19. The first-order valence-electron chi connectivity index (χ1n) is 13.2. The summed E-state index contributed by atoms with van der Waals surface area (Å²) in [6, 6.07) is 21.9. The van der Waals surface area contributed by atoms with Crippen molar-refractivity contribution in [2.75, 3.05) is 18.4 Å². The van der Waals surface area contributed by atoms with Gasteiger partial charge in [-0.25, -0.2) is 8.42 Å². The zero-order valence-electron chi connectivity index (χ0n) is 23.2. The topological polar surface area (TPSA) is 151 Å². The van der Waals surface area contributed by atoms with Crippen molar-refractivity contribution in [1.29, 1.82) is 10.5 Å². The van der Waals surface area contributed by atoms with Gasteiger partial charge in [-0.2, -0.15) is 14.8 Å². The molecule has 0 saturated heterocycles. The van der Waals surface area contributed by atoms with Crippen molar-refractivity contribution in [3.8, 4) is 18.0 Å². The molecule has 1 aliphatic rings. The van der Waals surface area contributed by atoms with Crippen molar-refractivity contribution >= 4 is 33.3 Å². The lowest BCUT2D eigenvalue weighted by Crippen LogP contribution is -2.54. The van der Waals surface area contributed by atoms with E-state index in [4.69, 9.17) is 16.3 Å². The van der Waals surface area contributed by atoms with Gasteiger partial charge in [0, 0.05) is 22.8 Å². The monoisotopic (exact) mass is 606 g/mol. The second-order valence-corrected chi connectivity index (χ2v) is 12.6. The normalized spacial score (nSPS) is 17.8. The molecule has 1 aliphatic heterocycles. The Balaban J connectivity index is 1.64. The number of nitrogens with one attached hydrogen (secondary N) is 2. The molecule has 0 aliphatic carbocycles. The van der Waals surface area contributed by atoms with E-state index in [1.54, 1.807) is 44.3 Å². The second kappa shape index (κ2) is 13.2. The van der Waals surface area contributed by atoms with Crippen LogP contribution in [-0.4, -0.2) is 48.6 Å². The molecular formula is C30H31ClN6O4S. The van der Waals surface area contributed by atoms with E-state index < -0.39 is 27.8 Å². The van der Waals surface area contributed by atoms with Crippen LogP contribution in [0.25, 0.3) is 0 Å². The first-order chi connectivity index (χ1) is 20.0. The van der Waals surface area contributed by atoms with E-state index in [1.165, 1.54) is 18.2 Å². The smallest absolute Gasteiger partial charge is 0.244 e. The molecule has 3 aromatic rings. The maximum atomic E-state index is 13.7. The molecule has 0 saturated carbocycles. The average Bonchev–Trinajstić information content (AvgIpc) is 2.96. The van der Waals surface area contributed by atoms with Crippen LogP contribution in [0, 0.1) is 22.8 Å². The van der Waals surface area contributed by atoms with E-state index >= 15 is 0 Å². The Morgan fingerprint density at radius 3 is 2.50 bits per heavy atom. The number of fused-ring (bicyclic) bond motifs is 1. The maximum absolute atomic E-state index is 13.7. The third-order valence-electron chi connectivity index (χ3n) is 6.88. The van der Waals surface area contributed by atoms with Crippen LogP contribution in [0.5, 0.6) is 5.75 Å². The number of nitriles is 2. The molecule has 10 nitrogen and oxygen atoms in total. The lowest BCUT2D eigenvalue weighted by atomic mass is 9.86. The van der Waals surface area contributed by atoms with Crippen LogP contribution in [0.3, 0.4) is 0 Å². The van der Waals surface area contributed by atoms with Gasteiger partial charge in [0.05, 0.1) is 17.0 Å². The van der Waals surface area contributed by atoms with E-state index in [0.717, 1.165) is 9.87 Å². The molecule has 0 fully saturated rings. The Hall–Kier alpha value is -4.13. The highest BCUT2D eigenvalue weighted by molar-refractivity contribution is 7.89. The molecule has 42 heavy (non-hydrogen) atoms. The Labute approximate surface area is 250 Å². The summed E-state index contributed by atoms with van der Waals surface area (Å²) in [4.78, 5) is 3.77. The number of rotatable bonds is 9. The molecule has 2 unspecified atom stereocenters. The molecule has 0 spiro atoms. The van der Waals surface area contributed by atoms with Crippen LogP contribution in [0.4, 0.5) is 5.69 Å². The number of hydrogen-bond donors (Lipinski definition) is 3. The van der Waals surface area contributed by atoms with Crippen LogP contribution < -0.4 is 15.4 Å². The standard InChI is InChI=1S/C30H31ClN6O4S/c1-30(2)28(38)27(36-29(34-20-33)35-23-12-10-22(31)11-13-23)25-19-24(14-15-26(25)41-30)42(39,40)37(18-16-32)17-6-9-21-7-4-3-5-8-21/h3-5,7-8,10-15,19,27-28,38H,6,9,17-18H2,1-2H3,(H2,34,35,36). The second-order valence-electron chi connectivity index (χ2n) is 10.3. The predicted molar refractivity (Wildman–Crippen MR) is 160 cm³/mol. The van der Waals surface area contributed by atoms with Crippen LogP contribution in [0.2, 0.25) is 5.02 Å². The number of hydrogen-bond acceptors (Lipinski definition) is 7. The summed E-state index contributed by atoms with van der Waals surface area (Å²) in [5.74, 6) is 0.397. The molecule has 218 valence electrons. The summed E-state index contributed by atoms with van der Waals surface area (Å²) in [6.45, 7) is 3.25. The summed E-state index contributed by atoms with van der Waals surface area (Å²) in [6.07, 6.45) is 1.75. The summed E-state index contributed by atoms with van der Waals surface area (Å²) in [7, 11) is -4.08. The lowest BCUT2D eigenvalue weighted by Gasteiger charge is -2.42. The average molecular weight is 607 g/mol. The molecule has 12 heteroatoms. The van der Waals surface area contributed by atoms with Gasteiger partial charge in [0.2, 0.25) is 22.2 Å². The van der Waals surface area contributed by atoms with Gasteiger partial charge in [-0.3, -0.25) is 0 Å². The van der Waals surface area contributed by atoms with E-state index in [-0.39, 0.29) is 23.9 Å². The van der Waals surface area contributed by atoms with Crippen LogP contribution >= 0.6 is 11.6 Å². The summed E-state index contributed by atoms with van der Waals surface area (Å²) >= 11 is 5.98. The molecule has 0 aromatic heterocycles. The first kappa shape index (κ1) is 30.8. The minimum absolute atomic E-state index is 0.0350. The number of aryl methyl sites for hydroxylation is 1. The van der Waals surface area contributed by atoms with Gasteiger partial charge in [-0.15, -0.1) is 4.99 Å². The highest BCUT2D eigenvalue weighted by Gasteiger charge is 2.44. The van der Waals surface area contributed by atoms with Gasteiger partial charge < -0.3 is 20.5 Å². The number of sulfonamides is 1. The summed E-state index contributed by atoms with van der Waals surface area (Å²) in [5, 5.41) is 36.6. The fourth-order valence-corrected chi connectivity index (χ4v) is 6.21. The highest BCUT2D eigenvalue weighted by atomic mass is 35.5. The predicted octanol–water partition coefficient (Wildman–Crippen LogP) is 4.60. The van der Waals surface area contributed by atoms with Crippen molar-refractivity contribution in [3.05, 3.63) is 88.9 Å². The van der Waals surface area contributed by atoms with Gasteiger partial charge in [-0.1, -0.05) is 41.9 Å². The van der Waals surface area contributed by atoms with Crippen LogP contribution in [0.15, 0.2) is 82.7 Å². The maximum Gasteiger partial charge on any atom is 0.244 e. The number of ether oxygens (including phenoxy) is 1. The zero-order valence-corrected chi connectivity index (χ0v) is 24.7. The van der Waals surface area contributed by atoms with Crippen LogP contribution in [0.1, 0.15) is 37.4 Å². The fraction of sp³-hybridized carbons (Fsp3) is 0.300. The van der Waals surface area contributed by atoms with Crippen molar-refractivity contribution in [2.24, 2.45) is 4.99 Å². The number of aliphatic hydroxyl groups excluding tert-OH is 1. The van der Waals surface area contributed by atoms with E-state index in [9.17, 15) is 24.0 Å². The quantitative estimate of drug-likeness (QED) is 0.138. The Kier molecular flexibility index (Phi) is 9.71. The molecule has 0 radical (unpaired) electrons. The summed E-state index contributed by atoms with van der Waals surface area (Å²) in [5.41, 5.74) is 0.951. The molecular weight excluding hydrogens is 576 g/mol. The van der Waals surface area contributed by atoms with Gasteiger partial charge in [-0.05, 0) is 74.7 Å². The van der Waals surface area contributed by atoms with Gasteiger partial charge in [0.25, 0.3) is 0 Å². The van der Waals surface area contributed by atoms with Gasteiger partial charge in [0.1, 0.15) is 24.0 Å². The van der Waals surface area contributed by atoms with Crippen molar-refractivity contribution in [1.82, 2.24) is 9.62 Å². The van der Waals surface area contributed by atoms with Crippen LogP contribution in [-0.2, 0) is 16.4 Å². The van der Waals surface area contributed by atoms with Crippen molar-refractivity contribution < 1.29 is 18.3 Å². The van der Waals surface area contributed by atoms with Gasteiger partial charge >= 0.3 is 0 Å². The Morgan fingerprint density at radius 2 is 1.83 bits per heavy atom. The largest absolute Gasteiger partial charge is 0.485 e. The number of anilines is 1. The zero-order chi connectivity index (χ0) is 30.3. The first-order valence-corrected chi connectivity index (χ1v) is 15.0. The molecule has 1 heterocycles. The fourth-order valence-electron chi connectivity index (χ4n) is 4.67. The Bertz CT molecular complexity index is 1620. The Morgan fingerprint density at radius 1 is 1.12 bits per heavy atom. The summed E-state index contributed by atoms with van der Waals surface area (Å²) < 4.78 is 34.6. The molecule has 0 amide bonds. The lowest BCUT2D eigenvalue weighted by molar-refractivity contribution is -0.0611. The highest BCUT2D eigenvalue weighted by Crippen LogP contribution is 2.41. The molecule has 3 aromatic carbocycles. The van der Waals surface area contributed by atoms with Crippen molar-refractivity contribution in [3.63, 3.8) is 0 Å². The van der Waals surface area contributed by atoms with Gasteiger partial charge in [0.15, 0.2) is 0 Å². The van der Waals surface area contributed by atoms with E-state index in [1.807, 2.05) is 36.4 Å². The van der Waals surface area contributed by atoms with E-state index in [2.05, 4.69) is 15.6 Å². The number of aliphatic hydroxyl groups is 1. The number of nitrogens with zero attached hydrogens (tertiary/aromatic N) is 4. The third-order valence-corrected chi connectivity index (χ3v) is 8.97. The van der Waals surface area contributed by atoms with E-state index in [0.29, 0.717) is 34.9 Å². The number of halogens is 1. The SMILES string of the molecule is CC1(C)Oc2ccc(S(=O)(=O)N(CC#N)CCCc3ccccc3)cc2C(NC(=NC#N)Nc2ccc(Cl)cc2)C1O. The minimum atomic E-state index is -4.08. The number of aliphatic imine (C=N–C) groups is 1. The number of benzene rings is 3. The minimum Gasteiger partial charge on any atom is -0.485 e. The molecule has 4 rings (SSSR count). The van der Waals surface area contributed by atoms with Crippen molar-refractivity contribution in [2.45, 2.75) is 49.3 Å². The number of guanidine groups is 1. The molecule has 3 N–H and O–H groups in total.